The van der Waals surface area contributed by atoms with Gasteiger partial charge < -0.3 is 4.74 Å². The molecule has 0 fully saturated rings. The number of rotatable bonds is 9. The van der Waals surface area contributed by atoms with E-state index < -0.39 is 0 Å². The summed E-state index contributed by atoms with van der Waals surface area (Å²) in [7, 11) is 0. The minimum absolute atomic E-state index is 0.201. The van der Waals surface area contributed by atoms with E-state index in [1.807, 2.05) is 17.5 Å². The Morgan fingerprint density at radius 2 is 1.95 bits per heavy atom. The van der Waals surface area contributed by atoms with Gasteiger partial charge in [0, 0.05) is 16.8 Å². The molecule has 120 valence electrons. The Morgan fingerprint density at radius 3 is 2.68 bits per heavy atom. The molecular formula is C18H24FNOS. The number of nitrogens with zero attached hydrogens (tertiary/aromatic N) is 1. The minimum Gasteiger partial charge on any atom is -0.500 e. The van der Waals surface area contributed by atoms with Crippen molar-refractivity contribution in [3.63, 3.8) is 0 Å². The molecule has 1 aromatic carbocycles. The summed E-state index contributed by atoms with van der Waals surface area (Å²) in [5.74, 6) is -0.201. The van der Waals surface area contributed by atoms with Crippen molar-refractivity contribution in [2.24, 2.45) is 0 Å². The average Bonchev–Trinajstić information content (AvgIpc) is 2.94. The van der Waals surface area contributed by atoms with E-state index in [2.05, 4.69) is 18.7 Å². The summed E-state index contributed by atoms with van der Waals surface area (Å²) in [5.41, 5.74) is 0.574. The molecule has 0 saturated carbocycles. The molecule has 0 amide bonds. The lowest BCUT2D eigenvalue weighted by molar-refractivity contribution is 0.178. The lowest BCUT2D eigenvalue weighted by Gasteiger charge is -2.20. The molecule has 0 bridgehead atoms. The van der Waals surface area contributed by atoms with E-state index in [0.29, 0.717) is 12.2 Å². The van der Waals surface area contributed by atoms with Gasteiger partial charge in [-0.15, -0.1) is 11.3 Å². The van der Waals surface area contributed by atoms with Crippen molar-refractivity contribution in [1.29, 1.82) is 0 Å². The largest absolute Gasteiger partial charge is 0.500 e. The second kappa shape index (κ2) is 8.91. The van der Waals surface area contributed by atoms with Crippen LogP contribution in [0.3, 0.4) is 0 Å². The normalized spacial score (nSPS) is 11.8. The van der Waals surface area contributed by atoms with Gasteiger partial charge in [-0.05, 0) is 61.0 Å². The summed E-state index contributed by atoms with van der Waals surface area (Å²) in [5, 5.41) is 3.05. The molecule has 2 rings (SSSR count). The number of hydrogen-bond acceptors (Lipinski definition) is 3. The predicted molar refractivity (Wildman–Crippen MR) is 93.8 cm³/mol. The highest BCUT2D eigenvalue weighted by Gasteiger charge is 2.04. The van der Waals surface area contributed by atoms with Gasteiger partial charge in [-0.2, -0.15) is 0 Å². The molecule has 4 heteroatoms. The smallest absolute Gasteiger partial charge is 0.131 e. The van der Waals surface area contributed by atoms with Crippen LogP contribution >= 0.6 is 11.3 Å². The molecular weight excluding hydrogens is 297 g/mol. The van der Waals surface area contributed by atoms with Crippen molar-refractivity contribution >= 4 is 27.5 Å². The summed E-state index contributed by atoms with van der Waals surface area (Å²) in [6.45, 7) is 8.13. The van der Waals surface area contributed by atoms with E-state index in [9.17, 15) is 4.39 Å². The van der Waals surface area contributed by atoms with Crippen LogP contribution in [-0.2, 0) is 4.74 Å². The van der Waals surface area contributed by atoms with Crippen LogP contribution < -0.4 is 0 Å². The van der Waals surface area contributed by atoms with Crippen molar-refractivity contribution in [2.45, 2.75) is 26.7 Å². The highest BCUT2D eigenvalue weighted by Crippen LogP contribution is 2.24. The first-order chi connectivity index (χ1) is 10.7. The number of fused-ring (bicyclic) bond motifs is 1. The van der Waals surface area contributed by atoms with Crippen LogP contribution in [0.15, 0.2) is 29.8 Å². The van der Waals surface area contributed by atoms with Gasteiger partial charge >= 0.3 is 0 Å². The Balaban J connectivity index is 1.84. The van der Waals surface area contributed by atoms with Crippen LogP contribution in [0.1, 0.15) is 32.3 Å². The lowest BCUT2D eigenvalue weighted by Crippen LogP contribution is -2.28. The van der Waals surface area contributed by atoms with Gasteiger partial charge in [-0.3, -0.25) is 4.90 Å². The first-order valence-electron chi connectivity index (χ1n) is 7.91. The number of hydrogen-bond donors (Lipinski definition) is 0. The third-order valence-corrected chi connectivity index (χ3v) is 4.40. The Bertz CT molecular complexity index is 602. The van der Waals surface area contributed by atoms with Gasteiger partial charge in [-0.1, -0.05) is 13.8 Å². The summed E-state index contributed by atoms with van der Waals surface area (Å²) in [4.78, 5) is 2.39. The monoisotopic (exact) mass is 321 g/mol. The lowest BCUT2D eigenvalue weighted by atomic mass is 10.1. The van der Waals surface area contributed by atoms with Gasteiger partial charge in [0.15, 0.2) is 0 Å². The van der Waals surface area contributed by atoms with E-state index in [4.69, 9.17) is 4.74 Å². The second-order valence-corrected chi connectivity index (χ2v) is 6.30. The zero-order valence-electron chi connectivity index (χ0n) is 13.3. The quantitative estimate of drug-likeness (QED) is 0.468. The first kappa shape index (κ1) is 17.0. The van der Waals surface area contributed by atoms with E-state index in [0.717, 1.165) is 42.6 Å². The summed E-state index contributed by atoms with van der Waals surface area (Å²) >= 11 is 1.55. The minimum atomic E-state index is -0.201. The third-order valence-electron chi connectivity index (χ3n) is 3.52. The van der Waals surface area contributed by atoms with E-state index in [1.54, 1.807) is 29.7 Å². The van der Waals surface area contributed by atoms with Crippen LogP contribution in [-0.4, -0.2) is 31.1 Å². The van der Waals surface area contributed by atoms with Crippen LogP contribution in [0, 0.1) is 5.82 Å². The van der Waals surface area contributed by atoms with Crippen molar-refractivity contribution in [1.82, 2.24) is 4.90 Å². The molecule has 1 heterocycles. The van der Waals surface area contributed by atoms with Gasteiger partial charge in [0.25, 0.3) is 0 Å². The predicted octanol–water partition coefficient (Wildman–Crippen LogP) is 5.15. The topological polar surface area (TPSA) is 12.5 Å². The number of thiophene rings is 1. The first-order valence-corrected chi connectivity index (χ1v) is 8.79. The van der Waals surface area contributed by atoms with Crippen molar-refractivity contribution in [3.8, 4) is 0 Å². The maximum atomic E-state index is 13.9. The molecule has 2 nitrogen and oxygen atoms in total. The van der Waals surface area contributed by atoms with Crippen LogP contribution in [0.4, 0.5) is 4.39 Å². The standard InChI is InChI=1S/C18H24FNOS/c1-3-7-20(8-4-2)9-11-21-10-5-15-13-16-6-12-22-18(16)14-17(15)19/h5-6,10,12-14H,3-4,7-9,11H2,1-2H3/b10-5+. The van der Waals surface area contributed by atoms with E-state index in [1.165, 1.54) is 0 Å². The molecule has 0 atom stereocenters. The van der Waals surface area contributed by atoms with Crippen LogP contribution in [0.25, 0.3) is 16.2 Å². The highest BCUT2D eigenvalue weighted by molar-refractivity contribution is 7.17. The van der Waals surface area contributed by atoms with Crippen LogP contribution in [0.5, 0.6) is 0 Å². The fourth-order valence-corrected chi connectivity index (χ4v) is 3.26. The molecule has 0 aliphatic heterocycles. The Kier molecular flexibility index (Phi) is 6.87. The molecule has 0 N–H and O–H groups in total. The summed E-state index contributed by atoms with van der Waals surface area (Å²) < 4.78 is 20.4. The molecule has 1 aromatic heterocycles. The number of ether oxygens (including phenoxy) is 1. The fourth-order valence-electron chi connectivity index (χ4n) is 2.47. The maximum absolute atomic E-state index is 13.9. The van der Waals surface area contributed by atoms with Crippen LogP contribution in [0.2, 0.25) is 0 Å². The van der Waals surface area contributed by atoms with Gasteiger partial charge in [0.05, 0.1) is 12.9 Å². The average molecular weight is 321 g/mol. The molecule has 0 saturated heterocycles. The number of halogens is 1. The molecule has 22 heavy (non-hydrogen) atoms. The van der Waals surface area contributed by atoms with E-state index in [-0.39, 0.29) is 5.82 Å². The van der Waals surface area contributed by atoms with Gasteiger partial charge in [0.2, 0.25) is 0 Å². The van der Waals surface area contributed by atoms with E-state index >= 15 is 0 Å². The van der Waals surface area contributed by atoms with Crippen molar-refractivity contribution < 1.29 is 9.13 Å². The third kappa shape index (κ3) is 4.82. The zero-order valence-corrected chi connectivity index (χ0v) is 14.2. The Labute approximate surface area is 136 Å². The SMILES string of the molecule is CCCN(CCC)CCO/C=C/c1cc2ccsc2cc1F. The van der Waals surface area contributed by atoms with Crippen molar-refractivity contribution in [3.05, 3.63) is 41.2 Å². The van der Waals surface area contributed by atoms with Gasteiger partial charge in [0.1, 0.15) is 5.82 Å². The molecule has 0 spiro atoms. The highest BCUT2D eigenvalue weighted by atomic mass is 32.1. The maximum Gasteiger partial charge on any atom is 0.131 e. The second-order valence-electron chi connectivity index (χ2n) is 5.35. The number of benzene rings is 1. The summed E-state index contributed by atoms with van der Waals surface area (Å²) in [6.07, 6.45) is 5.62. The Hall–Kier alpha value is -1.39. The molecule has 0 radical (unpaired) electrons. The Morgan fingerprint density at radius 1 is 1.18 bits per heavy atom. The summed E-state index contributed by atoms with van der Waals surface area (Å²) in [6, 6.07) is 5.45. The van der Waals surface area contributed by atoms with Gasteiger partial charge in [-0.25, -0.2) is 4.39 Å². The zero-order chi connectivity index (χ0) is 15.8. The molecule has 2 aromatic rings. The molecule has 0 aliphatic carbocycles. The molecule has 0 unspecified atom stereocenters. The fraction of sp³-hybridized carbons (Fsp3) is 0.444. The molecule has 0 aliphatic rings. The van der Waals surface area contributed by atoms with Crippen molar-refractivity contribution in [2.75, 3.05) is 26.2 Å².